The number of Topliss-reactive ketones (excluding diaryl/α,β-unsaturated/α-hetero) is 1. The van der Waals surface area contributed by atoms with Crippen LogP contribution in [0.2, 0.25) is 5.28 Å². The van der Waals surface area contributed by atoms with Gasteiger partial charge in [0.1, 0.15) is 16.9 Å². The van der Waals surface area contributed by atoms with Crippen molar-refractivity contribution in [3.05, 3.63) is 39.7 Å². The Balaban J connectivity index is 2.15. The fraction of sp³-hybridized carbons (Fsp3) is 0.0909. The molecule has 0 radical (unpaired) electrons. The highest BCUT2D eigenvalue weighted by Crippen LogP contribution is 2.33. The van der Waals surface area contributed by atoms with E-state index in [0.29, 0.717) is 0 Å². The number of rotatable bonds is 2. The standard InChI is InChI=1S/C11H5Cl2FN4O3S/c12-7-5(14)1-3-6(19)4(9(20)21)2-18(8(3)15-7)11-16-10(13)17-22-11/h1-2,8,15H,(H,20,21). The second-order valence-electron chi connectivity index (χ2n) is 4.24. The Morgan fingerprint density at radius 3 is 2.82 bits per heavy atom. The Labute approximate surface area is 136 Å². The van der Waals surface area contributed by atoms with Gasteiger partial charge in [0.2, 0.25) is 16.2 Å². The zero-order chi connectivity index (χ0) is 16.0. The minimum absolute atomic E-state index is 0.0312. The fourth-order valence-corrected chi connectivity index (χ4v) is 2.97. The number of carbonyl (C=O) groups is 2. The molecule has 2 aliphatic rings. The predicted molar refractivity (Wildman–Crippen MR) is 77.1 cm³/mol. The highest BCUT2D eigenvalue weighted by atomic mass is 35.5. The van der Waals surface area contributed by atoms with Crippen molar-refractivity contribution in [1.82, 2.24) is 14.7 Å². The molecule has 22 heavy (non-hydrogen) atoms. The lowest BCUT2D eigenvalue weighted by molar-refractivity contribution is -0.134. The first-order chi connectivity index (χ1) is 10.4. The van der Waals surface area contributed by atoms with Gasteiger partial charge in [-0.1, -0.05) is 11.6 Å². The third-order valence-corrected chi connectivity index (χ3v) is 4.23. The zero-order valence-corrected chi connectivity index (χ0v) is 12.7. The van der Waals surface area contributed by atoms with Crippen LogP contribution in [0.3, 0.4) is 0 Å². The van der Waals surface area contributed by atoms with Gasteiger partial charge in [0, 0.05) is 23.3 Å². The van der Waals surface area contributed by atoms with E-state index in [-0.39, 0.29) is 21.1 Å². The van der Waals surface area contributed by atoms with Crippen LogP contribution in [0.5, 0.6) is 0 Å². The van der Waals surface area contributed by atoms with E-state index < -0.39 is 29.3 Å². The molecule has 0 aromatic carbocycles. The summed E-state index contributed by atoms with van der Waals surface area (Å²) in [7, 11) is 0. The highest BCUT2D eigenvalue weighted by molar-refractivity contribution is 7.10. The molecule has 1 aromatic rings. The Hall–Kier alpha value is -1.97. The van der Waals surface area contributed by atoms with Crippen molar-refractivity contribution >= 4 is 51.6 Å². The average Bonchev–Trinajstić information content (AvgIpc) is 2.87. The molecule has 1 atom stereocenters. The molecule has 2 aliphatic heterocycles. The molecule has 0 saturated heterocycles. The molecule has 0 spiro atoms. The summed E-state index contributed by atoms with van der Waals surface area (Å²) in [5.41, 5.74) is -0.630. The van der Waals surface area contributed by atoms with Gasteiger partial charge in [-0.25, -0.2) is 9.18 Å². The molecule has 7 nitrogen and oxygen atoms in total. The number of allylic oxidation sites excluding steroid dienone is 2. The summed E-state index contributed by atoms with van der Waals surface area (Å²) in [5, 5.41) is 11.6. The van der Waals surface area contributed by atoms with Crippen molar-refractivity contribution in [3.8, 4) is 0 Å². The van der Waals surface area contributed by atoms with Crippen LogP contribution in [0.4, 0.5) is 9.52 Å². The molecule has 1 aromatic heterocycles. The van der Waals surface area contributed by atoms with Gasteiger partial charge in [-0.3, -0.25) is 9.69 Å². The van der Waals surface area contributed by atoms with Crippen molar-refractivity contribution in [3.63, 3.8) is 0 Å². The smallest absolute Gasteiger partial charge is 0.341 e. The number of fused-ring (bicyclic) bond motifs is 1. The minimum atomic E-state index is -1.44. The molecule has 0 aliphatic carbocycles. The summed E-state index contributed by atoms with van der Waals surface area (Å²) >= 11 is 12.3. The van der Waals surface area contributed by atoms with Crippen LogP contribution in [-0.2, 0) is 9.59 Å². The predicted octanol–water partition coefficient (Wildman–Crippen LogP) is 1.78. The quantitative estimate of drug-likeness (QED) is 0.611. The Morgan fingerprint density at radius 1 is 1.50 bits per heavy atom. The number of ketones is 1. The molecular weight excluding hydrogens is 358 g/mol. The number of nitrogens with one attached hydrogen (secondary N) is 1. The maximum atomic E-state index is 13.6. The van der Waals surface area contributed by atoms with Gasteiger partial charge >= 0.3 is 5.97 Å². The normalized spacial score (nSPS) is 21.1. The maximum Gasteiger partial charge on any atom is 0.341 e. The largest absolute Gasteiger partial charge is 0.477 e. The Bertz CT molecular complexity index is 788. The first kappa shape index (κ1) is 14.9. The topological polar surface area (TPSA) is 95.4 Å². The van der Waals surface area contributed by atoms with E-state index in [1.165, 1.54) is 4.90 Å². The van der Waals surface area contributed by atoms with Gasteiger partial charge in [-0.05, 0) is 17.7 Å². The summed E-state index contributed by atoms with van der Waals surface area (Å²) < 4.78 is 17.4. The van der Waals surface area contributed by atoms with E-state index in [1.54, 1.807) is 0 Å². The van der Waals surface area contributed by atoms with E-state index in [1.807, 2.05) is 0 Å². The van der Waals surface area contributed by atoms with Crippen molar-refractivity contribution in [2.24, 2.45) is 0 Å². The van der Waals surface area contributed by atoms with Gasteiger partial charge < -0.3 is 10.4 Å². The van der Waals surface area contributed by atoms with Crippen molar-refractivity contribution in [1.29, 1.82) is 0 Å². The van der Waals surface area contributed by atoms with Crippen LogP contribution in [0.1, 0.15) is 0 Å². The monoisotopic (exact) mass is 362 g/mol. The first-order valence-corrected chi connectivity index (χ1v) is 7.22. The van der Waals surface area contributed by atoms with Crippen LogP contribution in [0, 0.1) is 0 Å². The molecule has 0 amide bonds. The molecule has 3 rings (SSSR count). The van der Waals surface area contributed by atoms with Gasteiger partial charge in [-0.2, -0.15) is 9.36 Å². The van der Waals surface area contributed by atoms with Crippen molar-refractivity contribution < 1.29 is 19.1 Å². The molecule has 0 fully saturated rings. The second-order valence-corrected chi connectivity index (χ2v) is 5.69. The van der Waals surface area contributed by atoms with Gasteiger partial charge in [0.25, 0.3) is 0 Å². The fourth-order valence-electron chi connectivity index (χ4n) is 2.00. The number of carboxylic acid groups (broad SMARTS) is 1. The molecule has 0 saturated carbocycles. The number of dihydropyridines is 1. The Kier molecular flexibility index (Phi) is 3.63. The third-order valence-electron chi connectivity index (χ3n) is 2.94. The molecule has 1 unspecified atom stereocenters. The van der Waals surface area contributed by atoms with Crippen molar-refractivity contribution in [2.75, 3.05) is 4.90 Å². The average molecular weight is 363 g/mol. The molecule has 11 heteroatoms. The number of nitrogens with zero attached hydrogens (tertiary/aromatic N) is 3. The summed E-state index contributed by atoms with van der Waals surface area (Å²) in [6.45, 7) is 0. The number of hydrogen-bond donors (Lipinski definition) is 2. The van der Waals surface area contributed by atoms with Gasteiger partial charge in [0.15, 0.2) is 5.83 Å². The molecule has 114 valence electrons. The minimum Gasteiger partial charge on any atom is -0.477 e. The number of anilines is 1. The number of hydrogen-bond acceptors (Lipinski definition) is 7. The van der Waals surface area contributed by atoms with Gasteiger partial charge in [-0.15, -0.1) is 0 Å². The van der Waals surface area contributed by atoms with E-state index in [9.17, 15) is 14.0 Å². The number of carbonyl (C=O) groups excluding carboxylic acids is 1. The summed E-state index contributed by atoms with van der Waals surface area (Å²) in [6, 6.07) is 0. The molecular formula is C11H5Cl2FN4O3S. The number of aromatic nitrogens is 2. The first-order valence-electron chi connectivity index (χ1n) is 5.69. The molecule has 3 heterocycles. The van der Waals surface area contributed by atoms with E-state index in [4.69, 9.17) is 28.3 Å². The second kappa shape index (κ2) is 5.34. The van der Waals surface area contributed by atoms with Crippen LogP contribution >= 0.6 is 34.7 Å². The van der Waals surface area contributed by atoms with Crippen molar-refractivity contribution in [2.45, 2.75) is 6.17 Å². The van der Waals surface area contributed by atoms with E-state index >= 15 is 0 Å². The van der Waals surface area contributed by atoms with Crippen LogP contribution in [0.15, 0.2) is 34.4 Å². The van der Waals surface area contributed by atoms with Crippen LogP contribution in [-0.4, -0.2) is 32.4 Å². The number of halogens is 3. The lowest BCUT2D eigenvalue weighted by Crippen LogP contribution is -2.50. The summed E-state index contributed by atoms with van der Waals surface area (Å²) in [4.78, 5) is 28.6. The van der Waals surface area contributed by atoms with Gasteiger partial charge in [0.05, 0.1) is 0 Å². The van der Waals surface area contributed by atoms with Crippen LogP contribution < -0.4 is 10.2 Å². The summed E-state index contributed by atoms with van der Waals surface area (Å²) in [6.07, 6.45) is 1.09. The zero-order valence-electron chi connectivity index (χ0n) is 10.4. The lowest BCUT2D eigenvalue weighted by Gasteiger charge is -2.36. The Morgan fingerprint density at radius 2 is 2.23 bits per heavy atom. The SMILES string of the molecule is O=C(O)C1=CN(c2nc(Cl)ns2)C2NC(Cl)=C(F)C=C2C1=O. The maximum absolute atomic E-state index is 13.6. The lowest BCUT2D eigenvalue weighted by atomic mass is 9.95. The van der Waals surface area contributed by atoms with E-state index in [0.717, 1.165) is 23.8 Å². The number of aliphatic carboxylic acids is 1. The highest BCUT2D eigenvalue weighted by Gasteiger charge is 2.40. The molecule has 0 bridgehead atoms. The molecule has 2 N–H and O–H groups in total. The third kappa shape index (κ3) is 2.36. The number of carboxylic acids is 1. The van der Waals surface area contributed by atoms with E-state index in [2.05, 4.69) is 14.7 Å². The summed E-state index contributed by atoms with van der Waals surface area (Å²) in [5.74, 6) is -3.11. The van der Waals surface area contributed by atoms with Crippen LogP contribution in [0.25, 0.3) is 0 Å².